The highest BCUT2D eigenvalue weighted by Gasteiger charge is 2.17. The number of benzene rings is 2. The number of anilines is 1. The van der Waals surface area contributed by atoms with Crippen LogP contribution in [0.2, 0.25) is 0 Å². The molecule has 7 nitrogen and oxygen atoms in total. The zero-order chi connectivity index (χ0) is 19.6. The number of hydrogen-bond acceptors (Lipinski definition) is 4. The van der Waals surface area contributed by atoms with Gasteiger partial charge in [-0.15, -0.1) is 0 Å². The molecule has 2 amide bonds. The van der Waals surface area contributed by atoms with Gasteiger partial charge in [-0.05, 0) is 18.2 Å². The molecule has 27 heavy (non-hydrogen) atoms. The van der Waals surface area contributed by atoms with Crippen molar-refractivity contribution in [2.45, 2.75) is 6.54 Å². The fourth-order valence-electron chi connectivity index (χ4n) is 2.54. The zero-order valence-electron chi connectivity index (χ0n) is 14.1. The van der Waals surface area contributed by atoms with Crippen LogP contribution in [0.5, 0.6) is 0 Å². The Bertz CT molecular complexity index is 1110. The van der Waals surface area contributed by atoms with Gasteiger partial charge in [0.15, 0.2) is 17.3 Å². The van der Waals surface area contributed by atoms with Crippen molar-refractivity contribution >= 4 is 28.3 Å². The van der Waals surface area contributed by atoms with Gasteiger partial charge in [-0.3, -0.25) is 14.4 Å². The maximum absolute atomic E-state index is 13.2. The lowest BCUT2D eigenvalue weighted by molar-refractivity contribution is -0.117. The van der Waals surface area contributed by atoms with E-state index in [0.29, 0.717) is 5.39 Å². The lowest BCUT2D eigenvalue weighted by atomic mass is 10.1. The SMILES string of the molecule is CNC(=O)c1nn(CC(=O)Nc2ccc(F)c(F)c2)c(=O)c2ccccc12. The number of fused-ring (bicyclic) bond motifs is 1. The van der Waals surface area contributed by atoms with Gasteiger partial charge in [-0.25, -0.2) is 13.5 Å². The minimum Gasteiger partial charge on any atom is -0.354 e. The molecule has 2 aromatic carbocycles. The molecule has 0 unspecified atom stereocenters. The fourth-order valence-corrected chi connectivity index (χ4v) is 2.54. The average Bonchev–Trinajstić information content (AvgIpc) is 2.66. The van der Waals surface area contributed by atoms with E-state index in [9.17, 15) is 23.2 Å². The first kappa shape index (κ1) is 18.2. The van der Waals surface area contributed by atoms with Crippen LogP contribution in [0, 0.1) is 11.6 Å². The molecule has 3 aromatic rings. The number of halogens is 2. The highest BCUT2D eigenvalue weighted by Crippen LogP contribution is 2.14. The molecule has 0 radical (unpaired) electrons. The van der Waals surface area contributed by atoms with Crippen LogP contribution in [0.4, 0.5) is 14.5 Å². The van der Waals surface area contributed by atoms with Gasteiger partial charge in [-0.1, -0.05) is 18.2 Å². The van der Waals surface area contributed by atoms with E-state index >= 15 is 0 Å². The second-order valence-corrected chi connectivity index (χ2v) is 5.61. The van der Waals surface area contributed by atoms with Gasteiger partial charge in [-0.2, -0.15) is 5.10 Å². The molecule has 0 saturated heterocycles. The number of amides is 2. The molecule has 0 atom stereocenters. The highest BCUT2D eigenvalue weighted by atomic mass is 19.2. The summed E-state index contributed by atoms with van der Waals surface area (Å²) >= 11 is 0. The summed E-state index contributed by atoms with van der Waals surface area (Å²) < 4.78 is 27.0. The van der Waals surface area contributed by atoms with Crippen molar-refractivity contribution in [3.05, 3.63) is 70.1 Å². The minimum atomic E-state index is -1.12. The summed E-state index contributed by atoms with van der Waals surface area (Å²) in [4.78, 5) is 36.8. The van der Waals surface area contributed by atoms with Crippen LogP contribution in [0.25, 0.3) is 10.8 Å². The Labute approximate surface area is 151 Å². The van der Waals surface area contributed by atoms with Crippen molar-refractivity contribution in [2.24, 2.45) is 0 Å². The summed E-state index contributed by atoms with van der Waals surface area (Å²) in [6, 6.07) is 9.27. The monoisotopic (exact) mass is 372 g/mol. The number of carbonyl (C=O) groups is 2. The molecule has 0 bridgehead atoms. The summed E-state index contributed by atoms with van der Waals surface area (Å²) in [5.74, 6) is -3.36. The van der Waals surface area contributed by atoms with Gasteiger partial charge >= 0.3 is 0 Å². The van der Waals surface area contributed by atoms with Crippen LogP contribution in [-0.4, -0.2) is 28.6 Å². The fraction of sp³-hybridized carbons (Fsp3) is 0.111. The van der Waals surface area contributed by atoms with E-state index in [1.807, 2.05) is 0 Å². The summed E-state index contributed by atoms with van der Waals surface area (Å²) in [6.45, 7) is -0.507. The first-order chi connectivity index (χ1) is 12.9. The van der Waals surface area contributed by atoms with Crippen LogP contribution in [0.3, 0.4) is 0 Å². The first-order valence-electron chi connectivity index (χ1n) is 7.87. The smallest absolute Gasteiger partial charge is 0.275 e. The van der Waals surface area contributed by atoms with E-state index in [1.54, 1.807) is 18.2 Å². The molecule has 0 spiro atoms. The van der Waals surface area contributed by atoms with Gasteiger partial charge in [0, 0.05) is 24.2 Å². The second-order valence-electron chi connectivity index (χ2n) is 5.61. The van der Waals surface area contributed by atoms with E-state index in [-0.39, 0.29) is 16.8 Å². The van der Waals surface area contributed by atoms with Gasteiger partial charge in [0.05, 0.1) is 5.39 Å². The molecule has 0 aliphatic heterocycles. The maximum atomic E-state index is 13.2. The number of nitrogens with zero attached hydrogens (tertiary/aromatic N) is 2. The molecule has 0 aliphatic rings. The molecule has 0 saturated carbocycles. The van der Waals surface area contributed by atoms with E-state index in [1.165, 1.54) is 19.2 Å². The van der Waals surface area contributed by atoms with E-state index in [2.05, 4.69) is 15.7 Å². The molecule has 1 heterocycles. The van der Waals surface area contributed by atoms with Gasteiger partial charge < -0.3 is 10.6 Å². The predicted octanol–water partition coefficient (Wildman–Crippen LogP) is 1.67. The zero-order valence-corrected chi connectivity index (χ0v) is 14.1. The Morgan fingerprint density at radius 3 is 2.44 bits per heavy atom. The Balaban J connectivity index is 1.95. The van der Waals surface area contributed by atoms with Crippen molar-refractivity contribution in [3.63, 3.8) is 0 Å². The Morgan fingerprint density at radius 1 is 1.07 bits per heavy atom. The highest BCUT2D eigenvalue weighted by molar-refractivity contribution is 6.04. The van der Waals surface area contributed by atoms with E-state index in [4.69, 9.17) is 0 Å². The maximum Gasteiger partial charge on any atom is 0.275 e. The number of nitrogens with one attached hydrogen (secondary N) is 2. The van der Waals surface area contributed by atoms with Crippen LogP contribution in [0.15, 0.2) is 47.3 Å². The third-order valence-electron chi connectivity index (χ3n) is 3.81. The van der Waals surface area contributed by atoms with Gasteiger partial charge in [0.25, 0.3) is 11.5 Å². The third-order valence-corrected chi connectivity index (χ3v) is 3.81. The minimum absolute atomic E-state index is 0.00618. The van der Waals surface area contributed by atoms with Gasteiger partial charge in [0.1, 0.15) is 6.54 Å². The van der Waals surface area contributed by atoms with Crippen molar-refractivity contribution in [3.8, 4) is 0 Å². The normalized spacial score (nSPS) is 10.6. The summed E-state index contributed by atoms with van der Waals surface area (Å²) in [6.07, 6.45) is 0. The van der Waals surface area contributed by atoms with Crippen molar-refractivity contribution in [1.29, 1.82) is 0 Å². The Kier molecular flexibility index (Phi) is 4.93. The molecular formula is C18H14F2N4O3. The van der Waals surface area contributed by atoms with Crippen molar-refractivity contribution < 1.29 is 18.4 Å². The lowest BCUT2D eigenvalue weighted by Gasteiger charge is -2.10. The molecule has 138 valence electrons. The summed E-state index contributed by atoms with van der Waals surface area (Å²) in [7, 11) is 1.42. The molecule has 0 fully saturated rings. The average molecular weight is 372 g/mol. The molecule has 0 aliphatic carbocycles. The molecule has 9 heteroatoms. The standard InChI is InChI=1S/C18H14F2N4O3/c1-21-17(26)16-11-4-2-3-5-12(11)18(27)24(23-16)9-15(25)22-10-6-7-13(19)14(20)8-10/h2-8H,9H2,1H3,(H,21,26)(H,22,25). The number of rotatable bonds is 4. The van der Waals surface area contributed by atoms with Crippen molar-refractivity contribution in [1.82, 2.24) is 15.1 Å². The number of carbonyl (C=O) groups excluding carboxylic acids is 2. The van der Waals surface area contributed by atoms with E-state index in [0.717, 1.165) is 16.8 Å². The molecule has 1 aromatic heterocycles. The first-order valence-corrected chi connectivity index (χ1v) is 7.87. The summed E-state index contributed by atoms with van der Waals surface area (Å²) in [5.41, 5.74) is -0.536. The van der Waals surface area contributed by atoms with Crippen LogP contribution >= 0.6 is 0 Å². The molecule has 3 rings (SSSR count). The van der Waals surface area contributed by atoms with Crippen LogP contribution < -0.4 is 16.2 Å². The third kappa shape index (κ3) is 3.66. The predicted molar refractivity (Wildman–Crippen MR) is 94.4 cm³/mol. The molecular weight excluding hydrogens is 358 g/mol. The largest absolute Gasteiger partial charge is 0.354 e. The van der Waals surface area contributed by atoms with E-state index < -0.39 is 35.6 Å². The van der Waals surface area contributed by atoms with Crippen molar-refractivity contribution in [2.75, 3.05) is 12.4 Å². The molecule has 2 N–H and O–H groups in total. The quantitative estimate of drug-likeness (QED) is 0.729. The topological polar surface area (TPSA) is 93.1 Å². The summed E-state index contributed by atoms with van der Waals surface area (Å²) in [5, 5.41) is 9.35. The number of aromatic nitrogens is 2. The van der Waals surface area contributed by atoms with Crippen LogP contribution in [-0.2, 0) is 11.3 Å². The second kappa shape index (κ2) is 7.32. The number of hydrogen-bond donors (Lipinski definition) is 2. The van der Waals surface area contributed by atoms with Crippen LogP contribution in [0.1, 0.15) is 10.5 Å². The van der Waals surface area contributed by atoms with Gasteiger partial charge in [0.2, 0.25) is 5.91 Å². The lowest BCUT2D eigenvalue weighted by Crippen LogP contribution is -2.33. The Hall–Kier alpha value is -3.62. The Morgan fingerprint density at radius 2 is 1.78 bits per heavy atom.